The first-order chi connectivity index (χ1) is 4.09. The topological polar surface area (TPSA) is 32.8 Å². The molecule has 0 radical (unpaired) electrons. The van der Waals surface area contributed by atoms with Gasteiger partial charge >= 0.3 is 6.03 Å². The van der Waals surface area contributed by atoms with Crippen LogP contribution in [0.4, 0.5) is 4.79 Å². The molecule has 9 heavy (non-hydrogen) atoms. The number of urea groups is 1. The van der Waals surface area contributed by atoms with Gasteiger partial charge in [0.05, 0.1) is 7.11 Å². The fourth-order valence-electron chi connectivity index (χ4n) is 0.235. The predicted molar refractivity (Wildman–Crippen MR) is 33.8 cm³/mol. The van der Waals surface area contributed by atoms with E-state index in [9.17, 15) is 4.79 Å². The highest BCUT2D eigenvalue weighted by Gasteiger charge is 2.10. The molecule has 0 N–H and O–H groups in total. The number of carbonyl (C=O) groups is 1. The SMILES string of the molecule is CON(Cl)C(=O)N(C)C. The lowest BCUT2D eigenvalue weighted by Crippen LogP contribution is -2.32. The predicted octanol–water partition coefficient (Wildman–Crippen LogP) is 0.685. The van der Waals surface area contributed by atoms with Crippen LogP contribution >= 0.6 is 11.8 Å². The number of amides is 2. The minimum atomic E-state index is -0.404. The maximum Gasteiger partial charge on any atom is 0.359 e. The van der Waals surface area contributed by atoms with E-state index in [1.54, 1.807) is 14.1 Å². The van der Waals surface area contributed by atoms with Crippen LogP contribution in [0.15, 0.2) is 0 Å². The van der Waals surface area contributed by atoms with Crippen molar-refractivity contribution in [3.63, 3.8) is 0 Å². The Morgan fingerprint density at radius 3 is 2.11 bits per heavy atom. The molecular weight excluding hydrogens is 144 g/mol. The zero-order valence-electron chi connectivity index (χ0n) is 5.59. The summed E-state index contributed by atoms with van der Waals surface area (Å²) in [5.74, 6) is 0. The summed E-state index contributed by atoms with van der Waals surface area (Å²) in [6, 6.07) is -0.404. The van der Waals surface area contributed by atoms with E-state index in [1.807, 2.05) is 0 Å². The third kappa shape index (κ3) is 2.53. The minimum Gasteiger partial charge on any atom is -0.328 e. The molecule has 0 atom stereocenters. The van der Waals surface area contributed by atoms with Crippen LogP contribution in [0, 0.1) is 0 Å². The van der Waals surface area contributed by atoms with Crippen molar-refractivity contribution >= 4 is 17.8 Å². The molecule has 4 nitrogen and oxygen atoms in total. The van der Waals surface area contributed by atoms with Crippen LogP contribution in [0.2, 0.25) is 0 Å². The van der Waals surface area contributed by atoms with Gasteiger partial charge in [0.2, 0.25) is 0 Å². The van der Waals surface area contributed by atoms with E-state index < -0.39 is 6.03 Å². The Balaban J connectivity index is 3.73. The molecule has 0 bridgehead atoms. The van der Waals surface area contributed by atoms with Gasteiger partial charge in [0.25, 0.3) is 0 Å². The minimum absolute atomic E-state index is 0.404. The summed E-state index contributed by atoms with van der Waals surface area (Å²) >= 11 is 5.23. The Morgan fingerprint density at radius 2 is 2.00 bits per heavy atom. The standard InChI is InChI=1S/C4H9ClN2O2/c1-6(2)4(8)7(5)9-3/h1-3H3. The maximum atomic E-state index is 10.7. The number of halogens is 1. The third-order valence-electron chi connectivity index (χ3n) is 0.693. The van der Waals surface area contributed by atoms with Crippen molar-refractivity contribution in [1.82, 2.24) is 9.48 Å². The fourth-order valence-corrected chi connectivity index (χ4v) is 0.387. The van der Waals surface area contributed by atoms with Crippen LogP contribution in [-0.4, -0.2) is 36.7 Å². The fraction of sp³-hybridized carbons (Fsp3) is 0.750. The molecule has 0 saturated heterocycles. The molecule has 0 rings (SSSR count). The van der Waals surface area contributed by atoms with E-state index in [2.05, 4.69) is 4.84 Å². The second kappa shape index (κ2) is 3.53. The molecule has 0 aromatic rings. The van der Waals surface area contributed by atoms with Crippen LogP contribution in [0.25, 0.3) is 0 Å². The van der Waals surface area contributed by atoms with E-state index in [1.165, 1.54) is 12.0 Å². The lowest BCUT2D eigenvalue weighted by molar-refractivity contribution is -0.0184. The van der Waals surface area contributed by atoms with Gasteiger partial charge < -0.3 is 4.90 Å². The van der Waals surface area contributed by atoms with E-state index in [0.29, 0.717) is 4.58 Å². The normalized spacial score (nSPS) is 8.89. The summed E-state index contributed by atoms with van der Waals surface area (Å²) < 4.78 is 0.625. The van der Waals surface area contributed by atoms with Crippen molar-refractivity contribution in [1.29, 1.82) is 0 Å². The zero-order valence-corrected chi connectivity index (χ0v) is 6.34. The van der Waals surface area contributed by atoms with Gasteiger partial charge in [0, 0.05) is 25.9 Å². The molecule has 0 fully saturated rings. The quantitative estimate of drug-likeness (QED) is 0.409. The number of carbonyl (C=O) groups excluding carboxylic acids is 1. The first-order valence-corrected chi connectivity index (χ1v) is 2.64. The molecule has 0 spiro atoms. The van der Waals surface area contributed by atoms with Crippen molar-refractivity contribution < 1.29 is 9.63 Å². The molecule has 0 aliphatic rings. The van der Waals surface area contributed by atoms with Crippen LogP contribution in [0.1, 0.15) is 0 Å². The zero-order chi connectivity index (χ0) is 7.44. The van der Waals surface area contributed by atoms with Gasteiger partial charge in [0.1, 0.15) is 0 Å². The summed E-state index contributed by atoms with van der Waals surface area (Å²) in [5.41, 5.74) is 0. The highest BCUT2D eigenvalue weighted by molar-refractivity contribution is 6.19. The van der Waals surface area contributed by atoms with Crippen LogP contribution in [0.5, 0.6) is 0 Å². The largest absolute Gasteiger partial charge is 0.359 e. The van der Waals surface area contributed by atoms with E-state index >= 15 is 0 Å². The summed E-state index contributed by atoms with van der Waals surface area (Å²) in [4.78, 5) is 16.4. The average Bonchev–Trinajstić information content (AvgIpc) is 1.84. The van der Waals surface area contributed by atoms with Crippen molar-refractivity contribution in [2.75, 3.05) is 21.2 Å². The Morgan fingerprint density at radius 1 is 1.56 bits per heavy atom. The molecule has 0 saturated carbocycles. The molecule has 54 valence electrons. The van der Waals surface area contributed by atoms with Gasteiger partial charge in [-0.05, 0) is 0 Å². The van der Waals surface area contributed by atoms with Crippen LogP contribution < -0.4 is 0 Å². The van der Waals surface area contributed by atoms with Gasteiger partial charge in [-0.2, -0.15) is 0 Å². The Labute approximate surface area is 59.0 Å². The van der Waals surface area contributed by atoms with Crippen molar-refractivity contribution in [2.45, 2.75) is 0 Å². The van der Waals surface area contributed by atoms with Gasteiger partial charge in [-0.1, -0.05) is 0 Å². The van der Waals surface area contributed by atoms with Crippen LogP contribution in [0.3, 0.4) is 0 Å². The smallest absolute Gasteiger partial charge is 0.328 e. The average molecular weight is 153 g/mol. The van der Waals surface area contributed by atoms with E-state index in [4.69, 9.17) is 11.8 Å². The third-order valence-corrected chi connectivity index (χ3v) is 0.976. The van der Waals surface area contributed by atoms with Gasteiger partial charge in [-0.3, -0.25) is 4.84 Å². The molecule has 0 aromatic carbocycles. The first kappa shape index (κ1) is 8.52. The molecule has 0 unspecified atom stereocenters. The lowest BCUT2D eigenvalue weighted by atomic mass is 10.9. The molecule has 0 aliphatic heterocycles. The Kier molecular flexibility index (Phi) is 3.34. The Hall–Kier alpha value is -0.480. The molecule has 0 heterocycles. The van der Waals surface area contributed by atoms with Crippen molar-refractivity contribution in [2.24, 2.45) is 0 Å². The van der Waals surface area contributed by atoms with Crippen molar-refractivity contribution in [3.05, 3.63) is 0 Å². The molecule has 2 amide bonds. The first-order valence-electron chi connectivity index (χ1n) is 2.31. The van der Waals surface area contributed by atoms with Crippen molar-refractivity contribution in [3.8, 4) is 0 Å². The molecule has 0 aliphatic carbocycles. The second-order valence-electron chi connectivity index (χ2n) is 1.60. The van der Waals surface area contributed by atoms with Gasteiger partial charge in [-0.25, -0.2) is 4.79 Å². The molecule has 0 aromatic heterocycles. The second-order valence-corrected chi connectivity index (χ2v) is 1.91. The molecule has 5 heteroatoms. The highest BCUT2D eigenvalue weighted by Crippen LogP contribution is 1.97. The number of nitrogens with zero attached hydrogens (tertiary/aromatic N) is 2. The summed E-state index contributed by atoms with van der Waals surface area (Å²) in [7, 11) is 4.47. The number of hydroxylamine groups is 1. The maximum absolute atomic E-state index is 10.7. The van der Waals surface area contributed by atoms with Gasteiger partial charge in [-0.15, -0.1) is 4.58 Å². The van der Waals surface area contributed by atoms with Gasteiger partial charge in [0.15, 0.2) is 0 Å². The number of hydrogen-bond acceptors (Lipinski definition) is 2. The summed E-state index contributed by atoms with van der Waals surface area (Å²) in [5, 5.41) is 0. The van der Waals surface area contributed by atoms with E-state index in [-0.39, 0.29) is 0 Å². The lowest BCUT2D eigenvalue weighted by Gasteiger charge is -2.15. The molecular formula is C4H9ClN2O2. The highest BCUT2D eigenvalue weighted by atomic mass is 35.5. The number of hydrogen-bond donors (Lipinski definition) is 0. The van der Waals surface area contributed by atoms with Crippen LogP contribution in [-0.2, 0) is 4.84 Å². The Bertz CT molecular complexity index is 107. The summed E-state index contributed by atoms with van der Waals surface area (Å²) in [6.07, 6.45) is 0. The number of rotatable bonds is 1. The monoisotopic (exact) mass is 152 g/mol. The summed E-state index contributed by atoms with van der Waals surface area (Å²) in [6.45, 7) is 0. The van der Waals surface area contributed by atoms with E-state index in [0.717, 1.165) is 0 Å².